The van der Waals surface area contributed by atoms with Gasteiger partial charge in [-0.15, -0.1) is 0 Å². The standard InChI is InChI=1S/C13H17NOS/c1-8(2)11-5-10(14-7-16)6-12(9(3)4)13(11)15/h5-6,8-9,15H,1-4H3. The summed E-state index contributed by atoms with van der Waals surface area (Å²) in [5, 5.41) is 12.5. The molecule has 1 aromatic carbocycles. The van der Waals surface area contributed by atoms with Gasteiger partial charge in [0.15, 0.2) is 0 Å². The molecule has 86 valence electrons. The van der Waals surface area contributed by atoms with Crippen molar-refractivity contribution < 1.29 is 5.11 Å². The van der Waals surface area contributed by atoms with Gasteiger partial charge in [0, 0.05) is 0 Å². The van der Waals surface area contributed by atoms with Crippen LogP contribution in [0.5, 0.6) is 5.75 Å². The fraction of sp³-hybridized carbons (Fsp3) is 0.462. The van der Waals surface area contributed by atoms with Crippen LogP contribution in [-0.2, 0) is 0 Å². The van der Waals surface area contributed by atoms with E-state index in [4.69, 9.17) is 0 Å². The Bertz CT molecular complexity index is 403. The molecule has 0 atom stereocenters. The first kappa shape index (κ1) is 12.9. The zero-order valence-electron chi connectivity index (χ0n) is 10.1. The summed E-state index contributed by atoms with van der Waals surface area (Å²) in [4.78, 5) is 3.99. The molecule has 0 aliphatic carbocycles. The van der Waals surface area contributed by atoms with Crippen molar-refractivity contribution in [1.82, 2.24) is 0 Å². The van der Waals surface area contributed by atoms with Gasteiger partial charge in [-0.2, -0.15) is 4.99 Å². The zero-order valence-corrected chi connectivity index (χ0v) is 10.9. The van der Waals surface area contributed by atoms with Crippen molar-refractivity contribution in [3.8, 4) is 5.75 Å². The maximum atomic E-state index is 10.1. The highest BCUT2D eigenvalue weighted by Crippen LogP contribution is 2.37. The van der Waals surface area contributed by atoms with Crippen LogP contribution in [0.2, 0.25) is 0 Å². The lowest BCUT2D eigenvalue weighted by Crippen LogP contribution is -1.95. The first-order valence-corrected chi connectivity index (χ1v) is 5.82. The van der Waals surface area contributed by atoms with E-state index in [-0.39, 0.29) is 11.8 Å². The largest absolute Gasteiger partial charge is 0.507 e. The second kappa shape index (κ2) is 5.24. The van der Waals surface area contributed by atoms with Crippen molar-refractivity contribution >= 4 is 23.1 Å². The topological polar surface area (TPSA) is 32.6 Å². The summed E-state index contributed by atoms with van der Waals surface area (Å²) in [5.41, 5.74) is 2.59. The van der Waals surface area contributed by atoms with Crippen LogP contribution in [0.15, 0.2) is 17.1 Å². The lowest BCUT2D eigenvalue weighted by atomic mass is 9.93. The van der Waals surface area contributed by atoms with E-state index in [0.29, 0.717) is 5.75 Å². The third-order valence-corrected chi connectivity index (χ3v) is 2.66. The lowest BCUT2D eigenvalue weighted by molar-refractivity contribution is 0.454. The molecule has 0 unspecified atom stereocenters. The van der Waals surface area contributed by atoms with Gasteiger partial charge in [0.1, 0.15) is 5.75 Å². The van der Waals surface area contributed by atoms with Crippen molar-refractivity contribution in [2.75, 3.05) is 0 Å². The number of thiocarbonyl (C=S) groups is 1. The average Bonchev–Trinajstić information content (AvgIpc) is 2.19. The predicted molar refractivity (Wildman–Crippen MR) is 71.0 cm³/mol. The first-order valence-electron chi connectivity index (χ1n) is 5.42. The van der Waals surface area contributed by atoms with Crippen molar-refractivity contribution in [2.24, 2.45) is 4.99 Å². The van der Waals surface area contributed by atoms with Gasteiger partial charge in [-0.25, -0.2) is 0 Å². The van der Waals surface area contributed by atoms with Crippen LogP contribution < -0.4 is 0 Å². The lowest BCUT2D eigenvalue weighted by Gasteiger charge is -2.15. The van der Waals surface area contributed by atoms with Crippen LogP contribution in [0.3, 0.4) is 0 Å². The minimum atomic E-state index is 0.262. The van der Waals surface area contributed by atoms with Crippen molar-refractivity contribution in [3.63, 3.8) is 0 Å². The highest BCUT2D eigenvalue weighted by molar-refractivity contribution is 7.78. The molecule has 0 spiro atoms. The molecule has 3 heteroatoms. The van der Waals surface area contributed by atoms with Crippen molar-refractivity contribution in [1.29, 1.82) is 0 Å². The number of isothiocyanates is 1. The summed E-state index contributed by atoms with van der Waals surface area (Å²) in [7, 11) is 0. The third kappa shape index (κ3) is 2.69. The Morgan fingerprint density at radius 3 is 1.88 bits per heavy atom. The smallest absolute Gasteiger partial charge is 0.122 e. The number of nitrogens with zero attached hydrogens (tertiary/aromatic N) is 1. The van der Waals surface area contributed by atoms with Gasteiger partial charge in [-0.3, -0.25) is 0 Å². The molecule has 0 radical (unpaired) electrons. The van der Waals surface area contributed by atoms with E-state index in [1.54, 1.807) is 0 Å². The number of aromatic hydroxyl groups is 1. The van der Waals surface area contributed by atoms with Crippen LogP contribution >= 0.6 is 12.2 Å². The van der Waals surface area contributed by atoms with E-state index in [9.17, 15) is 5.11 Å². The summed E-state index contributed by atoms with van der Waals surface area (Å²) in [6.45, 7) is 8.18. The molecular formula is C13H17NOS. The Kier molecular flexibility index (Phi) is 4.22. The molecule has 2 nitrogen and oxygen atoms in total. The summed E-state index contributed by atoms with van der Waals surface area (Å²) in [6, 6.07) is 3.73. The molecule has 0 fully saturated rings. The summed E-state index contributed by atoms with van der Waals surface area (Å²) < 4.78 is 0. The second-order valence-corrected chi connectivity index (χ2v) is 4.67. The Balaban J connectivity index is 3.44. The third-order valence-electron chi connectivity index (χ3n) is 2.57. The van der Waals surface area contributed by atoms with Gasteiger partial charge in [0.2, 0.25) is 0 Å². The molecule has 0 bridgehead atoms. The Morgan fingerprint density at radius 2 is 1.56 bits per heavy atom. The number of aliphatic imine (C=N–C) groups is 1. The summed E-state index contributed by atoms with van der Waals surface area (Å²) >= 11 is 4.61. The van der Waals surface area contributed by atoms with Crippen molar-refractivity contribution in [3.05, 3.63) is 23.3 Å². The monoisotopic (exact) mass is 235 g/mol. The van der Waals surface area contributed by atoms with E-state index in [1.165, 1.54) is 0 Å². The Labute approximate surface area is 102 Å². The van der Waals surface area contributed by atoms with Gasteiger partial charge < -0.3 is 5.11 Å². The predicted octanol–water partition coefficient (Wildman–Crippen LogP) is 4.37. The molecule has 0 aliphatic rings. The van der Waals surface area contributed by atoms with Gasteiger partial charge in [0.25, 0.3) is 0 Å². The number of hydrogen-bond donors (Lipinski definition) is 1. The molecule has 16 heavy (non-hydrogen) atoms. The number of rotatable bonds is 3. The molecule has 1 rings (SSSR count). The van der Waals surface area contributed by atoms with Gasteiger partial charge in [-0.1, -0.05) is 27.7 Å². The number of benzene rings is 1. The van der Waals surface area contributed by atoms with E-state index in [2.05, 4.69) is 22.4 Å². The zero-order chi connectivity index (χ0) is 12.3. The van der Waals surface area contributed by atoms with E-state index >= 15 is 0 Å². The Hall–Kier alpha value is -1.18. The van der Waals surface area contributed by atoms with Gasteiger partial charge >= 0.3 is 0 Å². The minimum absolute atomic E-state index is 0.262. The molecule has 0 aromatic heterocycles. The molecule has 0 amide bonds. The van der Waals surface area contributed by atoms with Crippen LogP contribution in [0.25, 0.3) is 0 Å². The normalized spacial score (nSPS) is 10.6. The molecule has 0 heterocycles. The molecule has 1 N–H and O–H groups in total. The fourth-order valence-electron chi connectivity index (χ4n) is 1.66. The van der Waals surface area contributed by atoms with Crippen LogP contribution in [-0.4, -0.2) is 10.3 Å². The molecule has 0 aliphatic heterocycles. The highest BCUT2D eigenvalue weighted by Gasteiger charge is 2.14. The van der Waals surface area contributed by atoms with Crippen LogP contribution in [0.1, 0.15) is 50.7 Å². The molecule has 0 saturated heterocycles. The molecular weight excluding hydrogens is 218 g/mol. The SMILES string of the molecule is CC(C)c1cc(N=C=S)cc(C(C)C)c1O. The Morgan fingerprint density at radius 1 is 1.12 bits per heavy atom. The number of phenols is 1. The number of phenolic OH excluding ortho intramolecular Hbond substituents is 1. The minimum Gasteiger partial charge on any atom is -0.507 e. The van der Waals surface area contributed by atoms with E-state index in [0.717, 1.165) is 16.8 Å². The fourth-order valence-corrected chi connectivity index (χ4v) is 1.77. The van der Waals surface area contributed by atoms with Gasteiger partial charge in [-0.05, 0) is 47.3 Å². The maximum absolute atomic E-state index is 10.1. The van der Waals surface area contributed by atoms with E-state index in [1.807, 2.05) is 39.8 Å². The molecule has 1 aromatic rings. The maximum Gasteiger partial charge on any atom is 0.122 e. The number of hydrogen-bond acceptors (Lipinski definition) is 3. The van der Waals surface area contributed by atoms with E-state index < -0.39 is 0 Å². The quantitative estimate of drug-likeness (QED) is 0.623. The van der Waals surface area contributed by atoms with Gasteiger partial charge in [0.05, 0.1) is 10.8 Å². The second-order valence-electron chi connectivity index (χ2n) is 4.49. The average molecular weight is 235 g/mol. The van der Waals surface area contributed by atoms with Crippen LogP contribution in [0.4, 0.5) is 5.69 Å². The molecule has 0 saturated carbocycles. The summed E-state index contributed by atoms with van der Waals surface area (Å²) in [5.74, 6) is 0.906. The van der Waals surface area contributed by atoms with Crippen molar-refractivity contribution in [2.45, 2.75) is 39.5 Å². The van der Waals surface area contributed by atoms with Crippen LogP contribution in [0, 0.1) is 0 Å². The first-order chi connectivity index (χ1) is 7.47. The highest BCUT2D eigenvalue weighted by atomic mass is 32.1. The summed E-state index contributed by atoms with van der Waals surface area (Å²) in [6.07, 6.45) is 0.